The van der Waals surface area contributed by atoms with Crippen molar-refractivity contribution in [2.24, 2.45) is 5.73 Å². The Morgan fingerprint density at radius 1 is 1.22 bits per heavy atom. The van der Waals surface area contributed by atoms with Gasteiger partial charge in [-0.05, 0) is 30.4 Å². The molecule has 2 unspecified atom stereocenters. The fourth-order valence-corrected chi connectivity index (χ4v) is 3.39. The fourth-order valence-electron chi connectivity index (χ4n) is 3.39. The molecular weight excluding hydrogens is 224 g/mol. The lowest BCUT2D eigenvalue weighted by Gasteiger charge is -2.41. The molecule has 0 aliphatic heterocycles. The predicted molar refractivity (Wildman–Crippen MR) is 72.2 cm³/mol. The van der Waals surface area contributed by atoms with Gasteiger partial charge in [-0.1, -0.05) is 30.7 Å². The lowest BCUT2D eigenvalue weighted by atomic mass is 9.89. The monoisotopic (exact) mass is 246 g/mol. The number of benzene rings is 1. The molecule has 3 heteroatoms. The molecule has 2 atom stereocenters. The molecule has 3 nitrogen and oxygen atoms in total. The molecule has 18 heavy (non-hydrogen) atoms. The molecule has 3 rings (SSSR count). The Hall–Kier alpha value is -0.900. The highest BCUT2D eigenvalue weighted by Gasteiger charge is 2.37. The summed E-state index contributed by atoms with van der Waals surface area (Å²) in [6, 6.07) is 9.75. The summed E-state index contributed by atoms with van der Waals surface area (Å²) in [5, 5.41) is 9.31. The van der Waals surface area contributed by atoms with Crippen LogP contribution in [0.25, 0.3) is 0 Å². The third-order valence-electron chi connectivity index (χ3n) is 4.53. The number of hydrogen-bond acceptors (Lipinski definition) is 3. The fraction of sp³-hybridized carbons (Fsp3) is 0.600. The van der Waals surface area contributed by atoms with E-state index in [0.717, 1.165) is 13.0 Å². The first-order valence-corrected chi connectivity index (χ1v) is 7.02. The van der Waals surface area contributed by atoms with E-state index in [0.29, 0.717) is 12.1 Å². The summed E-state index contributed by atoms with van der Waals surface area (Å²) < 4.78 is 0. The van der Waals surface area contributed by atoms with Crippen LogP contribution in [0.5, 0.6) is 0 Å². The van der Waals surface area contributed by atoms with E-state index in [-0.39, 0.29) is 12.6 Å². The van der Waals surface area contributed by atoms with Crippen molar-refractivity contribution in [3.05, 3.63) is 35.4 Å². The van der Waals surface area contributed by atoms with Crippen LogP contribution < -0.4 is 5.73 Å². The molecule has 0 bridgehead atoms. The maximum Gasteiger partial charge on any atom is 0.0558 e. The lowest BCUT2D eigenvalue weighted by molar-refractivity contribution is 0.0578. The van der Waals surface area contributed by atoms with Crippen LogP contribution in [-0.4, -0.2) is 29.2 Å². The number of nitrogens with two attached hydrogens (primary N) is 1. The van der Waals surface area contributed by atoms with Gasteiger partial charge >= 0.3 is 0 Å². The van der Waals surface area contributed by atoms with Crippen molar-refractivity contribution in [1.82, 2.24) is 4.90 Å². The number of fused-ring (bicyclic) bond motifs is 1. The minimum Gasteiger partial charge on any atom is -0.395 e. The average molecular weight is 246 g/mol. The number of nitrogens with zero attached hydrogens (tertiary/aromatic N) is 1. The van der Waals surface area contributed by atoms with E-state index >= 15 is 0 Å². The van der Waals surface area contributed by atoms with E-state index < -0.39 is 0 Å². The van der Waals surface area contributed by atoms with Crippen LogP contribution in [0.3, 0.4) is 0 Å². The number of hydrogen-bond donors (Lipinski definition) is 2. The Labute approximate surface area is 109 Å². The molecule has 0 aromatic heterocycles. The first-order chi connectivity index (χ1) is 8.81. The molecule has 1 fully saturated rings. The molecule has 2 aliphatic rings. The minimum absolute atomic E-state index is 0.160. The number of rotatable bonds is 4. The normalized spacial score (nSPS) is 27.3. The van der Waals surface area contributed by atoms with Gasteiger partial charge in [-0.2, -0.15) is 0 Å². The zero-order chi connectivity index (χ0) is 12.5. The zero-order valence-corrected chi connectivity index (χ0v) is 10.8. The van der Waals surface area contributed by atoms with Crippen LogP contribution in [0, 0.1) is 0 Å². The van der Waals surface area contributed by atoms with Gasteiger partial charge in [0.1, 0.15) is 0 Å². The molecule has 2 aliphatic carbocycles. The summed E-state index contributed by atoms with van der Waals surface area (Å²) in [6.45, 7) is 1.01. The van der Waals surface area contributed by atoms with Gasteiger partial charge in [-0.25, -0.2) is 0 Å². The van der Waals surface area contributed by atoms with Gasteiger partial charge < -0.3 is 10.8 Å². The van der Waals surface area contributed by atoms with Crippen molar-refractivity contribution in [1.29, 1.82) is 0 Å². The van der Waals surface area contributed by atoms with Gasteiger partial charge in [0.2, 0.25) is 0 Å². The maximum absolute atomic E-state index is 9.31. The lowest BCUT2D eigenvalue weighted by Crippen LogP contribution is -2.43. The van der Waals surface area contributed by atoms with Gasteiger partial charge in [0.05, 0.1) is 6.61 Å². The molecule has 98 valence electrons. The van der Waals surface area contributed by atoms with E-state index in [1.165, 1.54) is 30.4 Å². The van der Waals surface area contributed by atoms with Crippen LogP contribution in [-0.2, 0) is 0 Å². The van der Waals surface area contributed by atoms with E-state index in [2.05, 4.69) is 29.2 Å². The quantitative estimate of drug-likeness (QED) is 0.854. The van der Waals surface area contributed by atoms with Crippen molar-refractivity contribution in [2.75, 3.05) is 13.2 Å². The molecule has 1 aromatic rings. The van der Waals surface area contributed by atoms with Crippen molar-refractivity contribution >= 4 is 0 Å². The van der Waals surface area contributed by atoms with Crippen LogP contribution in [0.15, 0.2) is 24.3 Å². The summed E-state index contributed by atoms with van der Waals surface area (Å²) in [4.78, 5) is 2.48. The minimum atomic E-state index is 0.160. The van der Waals surface area contributed by atoms with Gasteiger partial charge in [0.15, 0.2) is 0 Å². The van der Waals surface area contributed by atoms with Crippen molar-refractivity contribution < 1.29 is 5.11 Å². The summed E-state index contributed by atoms with van der Waals surface area (Å²) in [6.07, 6.45) is 4.87. The third-order valence-corrected chi connectivity index (χ3v) is 4.53. The second-order valence-corrected chi connectivity index (χ2v) is 5.53. The molecule has 1 saturated carbocycles. The summed E-state index contributed by atoms with van der Waals surface area (Å²) in [7, 11) is 0. The van der Waals surface area contributed by atoms with Crippen molar-refractivity contribution in [2.45, 2.75) is 43.8 Å². The molecular formula is C15H22N2O. The van der Waals surface area contributed by atoms with E-state index in [4.69, 9.17) is 5.73 Å². The van der Waals surface area contributed by atoms with E-state index in [1.807, 2.05) is 0 Å². The molecule has 3 N–H and O–H groups in total. The maximum atomic E-state index is 9.31. The smallest absolute Gasteiger partial charge is 0.0558 e. The second kappa shape index (κ2) is 5.00. The first-order valence-electron chi connectivity index (χ1n) is 7.02. The number of aliphatic hydroxyl groups is 1. The molecule has 0 amide bonds. The van der Waals surface area contributed by atoms with E-state index in [1.54, 1.807) is 0 Å². The van der Waals surface area contributed by atoms with E-state index in [9.17, 15) is 5.11 Å². The highest BCUT2D eigenvalue weighted by molar-refractivity contribution is 5.37. The predicted octanol–water partition coefficient (Wildman–Crippen LogP) is 1.98. The van der Waals surface area contributed by atoms with Crippen LogP contribution in [0.1, 0.15) is 48.9 Å². The number of aliphatic hydroxyl groups excluding tert-OH is 1. The summed E-state index contributed by atoms with van der Waals surface area (Å²) >= 11 is 0. The van der Waals surface area contributed by atoms with Crippen molar-refractivity contribution in [3.8, 4) is 0 Å². The molecule has 0 saturated heterocycles. The summed E-state index contributed by atoms with van der Waals surface area (Å²) in [5.74, 6) is 0. The molecule has 0 radical (unpaired) electrons. The molecule has 0 spiro atoms. The first kappa shape index (κ1) is 12.2. The van der Waals surface area contributed by atoms with Crippen LogP contribution in [0.2, 0.25) is 0 Å². The zero-order valence-electron chi connectivity index (χ0n) is 10.8. The van der Waals surface area contributed by atoms with Gasteiger partial charge in [-0.3, -0.25) is 4.90 Å². The van der Waals surface area contributed by atoms with Crippen molar-refractivity contribution in [3.63, 3.8) is 0 Å². The van der Waals surface area contributed by atoms with Gasteiger partial charge in [0.25, 0.3) is 0 Å². The Morgan fingerprint density at radius 3 is 2.56 bits per heavy atom. The third kappa shape index (κ3) is 1.96. The van der Waals surface area contributed by atoms with Gasteiger partial charge in [-0.15, -0.1) is 0 Å². The summed E-state index contributed by atoms with van der Waals surface area (Å²) in [5.41, 5.74) is 8.92. The topological polar surface area (TPSA) is 49.5 Å². The van der Waals surface area contributed by atoms with Gasteiger partial charge in [0, 0.05) is 24.7 Å². The largest absolute Gasteiger partial charge is 0.395 e. The Kier molecular flexibility index (Phi) is 3.37. The SMILES string of the molecule is NC1CC(N(CCO)C2CCC2)c2ccccc21. The highest BCUT2D eigenvalue weighted by Crippen LogP contribution is 2.43. The molecule has 1 aromatic carbocycles. The average Bonchev–Trinajstić information content (AvgIpc) is 2.65. The second-order valence-electron chi connectivity index (χ2n) is 5.53. The van der Waals surface area contributed by atoms with Crippen LogP contribution >= 0.6 is 0 Å². The molecule has 0 heterocycles. The Morgan fingerprint density at radius 2 is 1.94 bits per heavy atom. The van der Waals surface area contributed by atoms with Crippen LogP contribution in [0.4, 0.5) is 0 Å². The Balaban J connectivity index is 1.87. The standard InChI is InChI=1S/C15H22N2O/c16-14-10-15(13-7-2-1-6-12(13)14)17(8-9-18)11-4-3-5-11/h1-2,6-7,11,14-15,18H,3-5,8-10,16H2. The highest BCUT2D eigenvalue weighted by atomic mass is 16.3. The Bertz CT molecular complexity index is 417.